The Bertz CT molecular complexity index is 1510. The van der Waals surface area contributed by atoms with Gasteiger partial charge in [-0.25, -0.2) is 8.42 Å². The van der Waals surface area contributed by atoms with Gasteiger partial charge in [0, 0.05) is 56.8 Å². The van der Waals surface area contributed by atoms with Crippen LogP contribution in [0.1, 0.15) is 13.8 Å². The van der Waals surface area contributed by atoms with Crippen molar-refractivity contribution in [3.8, 4) is 6.07 Å². The number of hydrogen-bond donors (Lipinski definition) is 3. The molecule has 0 bridgehead atoms. The molecule has 2 heterocycles. The number of aromatic nitrogens is 1. The topological polar surface area (TPSA) is 157 Å². The quantitative estimate of drug-likeness (QED) is 0.356. The van der Waals surface area contributed by atoms with E-state index < -0.39 is 15.9 Å². The van der Waals surface area contributed by atoms with Gasteiger partial charge in [-0.05, 0) is 32.0 Å². The van der Waals surface area contributed by atoms with Crippen LogP contribution >= 0.6 is 11.3 Å². The maximum Gasteiger partial charge on any atom is 0.270 e. The number of benzene rings is 1. The molecule has 2 aromatic rings. The molecule has 0 radical (unpaired) electrons. The van der Waals surface area contributed by atoms with E-state index in [0.29, 0.717) is 55.2 Å². The number of amides is 2. The number of thiazole rings is 1. The average molecular weight is 562 g/mol. The van der Waals surface area contributed by atoms with E-state index in [1.807, 2.05) is 11.0 Å². The third kappa shape index (κ3) is 7.29. The monoisotopic (exact) mass is 561 g/mol. The van der Waals surface area contributed by atoms with Crippen LogP contribution in [0.5, 0.6) is 0 Å². The van der Waals surface area contributed by atoms with Crippen molar-refractivity contribution >= 4 is 56.3 Å². The van der Waals surface area contributed by atoms with E-state index in [0.717, 1.165) is 11.3 Å². The Balaban J connectivity index is 1.72. The van der Waals surface area contributed by atoms with E-state index >= 15 is 0 Å². The predicted molar refractivity (Wildman–Crippen MR) is 147 cm³/mol. The summed E-state index contributed by atoms with van der Waals surface area (Å²) in [4.78, 5) is 39.6. The Morgan fingerprint density at radius 3 is 2.45 bits per heavy atom. The van der Waals surface area contributed by atoms with Crippen LogP contribution in [-0.4, -0.2) is 79.5 Å². The summed E-state index contributed by atoms with van der Waals surface area (Å²) in [5.41, 5.74) is 0.739. The van der Waals surface area contributed by atoms with Crippen LogP contribution in [0.25, 0.3) is 11.8 Å². The van der Waals surface area contributed by atoms with Gasteiger partial charge in [-0.2, -0.15) is 9.57 Å². The molecular formula is C24H31N7O5S2. The van der Waals surface area contributed by atoms with Crippen molar-refractivity contribution in [3.63, 3.8) is 0 Å². The van der Waals surface area contributed by atoms with Gasteiger partial charge in [0.2, 0.25) is 15.9 Å². The van der Waals surface area contributed by atoms with Gasteiger partial charge >= 0.3 is 0 Å². The zero-order valence-corrected chi connectivity index (χ0v) is 23.1. The molecule has 14 heteroatoms. The Hall–Kier alpha value is -3.51. The summed E-state index contributed by atoms with van der Waals surface area (Å²) in [6, 6.07) is 8.87. The van der Waals surface area contributed by atoms with Crippen molar-refractivity contribution in [2.24, 2.45) is 0 Å². The number of hydrogen-bond acceptors (Lipinski definition) is 9. The van der Waals surface area contributed by atoms with Crippen molar-refractivity contribution in [1.29, 1.82) is 5.26 Å². The Morgan fingerprint density at radius 1 is 1.16 bits per heavy atom. The molecule has 1 fully saturated rings. The third-order valence-corrected chi connectivity index (χ3v) is 8.23. The van der Waals surface area contributed by atoms with Crippen LogP contribution in [0.3, 0.4) is 0 Å². The summed E-state index contributed by atoms with van der Waals surface area (Å²) in [5.74, 6) is -0.753. The highest BCUT2D eigenvalue weighted by molar-refractivity contribution is 7.88. The minimum atomic E-state index is -3.23. The molecule has 3 N–H and O–H groups in total. The van der Waals surface area contributed by atoms with Crippen LogP contribution in [0.15, 0.2) is 29.1 Å². The number of nitrogens with zero attached hydrogens (tertiary/aromatic N) is 4. The molecule has 0 atom stereocenters. The largest absolute Gasteiger partial charge is 0.360 e. The summed E-state index contributed by atoms with van der Waals surface area (Å²) in [6.45, 7) is 5.95. The molecule has 204 valence electrons. The van der Waals surface area contributed by atoms with E-state index in [9.17, 15) is 28.1 Å². The molecule has 3 rings (SSSR count). The summed E-state index contributed by atoms with van der Waals surface area (Å²) in [6.07, 6.45) is 2.69. The number of carbonyl (C=O) groups is 2. The molecule has 12 nitrogen and oxygen atoms in total. The molecule has 1 aliphatic heterocycles. The average Bonchev–Trinajstić information content (AvgIpc) is 3.18. The number of nitriles is 1. The Kier molecular flexibility index (Phi) is 9.81. The van der Waals surface area contributed by atoms with Crippen LogP contribution in [0.2, 0.25) is 0 Å². The SMILES string of the molecule is CCNC(=O)/C(C#N)=c1\s/c(=C/Nc2cccc(NC(=O)CN3CCN(S(C)(=O)=O)CC3)c2)c(=O)n1CC. The van der Waals surface area contributed by atoms with Crippen molar-refractivity contribution < 1.29 is 18.0 Å². The van der Waals surface area contributed by atoms with Crippen LogP contribution in [0, 0.1) is 11.3 Å². The molecule has 0 aliphatic carbocycles. The lowest BCUT2D eigenvalue weighted by atomic mass is 10.2. The predicted octanol–water partition coefficient (Wildman–Crippen LogP) is -0.894. The summed E-state index contributed by atoms with van der Waals surface area (Å²) >= 11 is 1.05. The fourth-order valence-electron chi connectivity index (χ4n) is 3.90. The van der Waals surface area contributed by atoms with Crippen LogP contribution in [-0.2, 0) is 26.2 Å². The minimum absolute atomic E-state index is 0.113. The lowest BCUT2D eigenvalue weighted by Gasteiger charge is -2.32. The van der Waals surface area contributed by atoms with E-state index in [1.165, 1.54) is 21.3 Å². The van der Waals surface area contributed by atoms with E-state index in [4.69, 9.17) is 0 Å². The van der Waals surface area contributed by atoms with E-state index in [-0.39, 0.29) is 28.2 Å². The molecule has 1 saturated heterocycles. The third-order valence-electron chi connectivity index (χ3n) is 5.80. The Morgan fingerprint density at radius 2 is 1.84 bits per heavy atom. The minimum Gasteiger partial charge on any atom is -0.360 e. The molecule has 1 aromatic carbocycles. The van der Waals surface area contributed by atoms with E-state index in [2.05, 4.69) is 16.0 Å². The highest BCUT2D eigenvalue weighted by Crippen LogP contribution is 2.15. The number of nitrogens with one attached hydrogen (secondary N) is 3. The first-order chi connectivity index (χ1) is 18.1. The molecule has 1 aliphatic rings. The summed E-state index contributed by atoms with van der Waals surface area (Å²) in [5, 5.41) is 18.0. The second-order valence-corrected chi connectivity index (χ2v) is 11.5. The second-order valence-electron chi connectivity index (χ2n) is 8.52. The molecular weight excluding hydrogens is 530 g/mol. The number of anilines is 2. The smallest absolute Gasteiger partial charge is 0.270 e. The normalized spacial score (nSPS) is 16.0. The zero-order valence-electron chi connectivity index (χ0n) is 21.5. The molecule has 0 unspecified atom stereocenters. The zero-order chi connectivity index (χ0) is 27.9. The number of piperazine rings is 1. The number of rotatable bonds is 9. The second kappa shape index (κ2) is 12.8. The maximum atomic E-state index is 12.9. The Labute approximate surface area is 224 Å². The molecule has 2 amide bonds. The standard InChI is InChI=1S/C24H31N7O5S2/c1-4-26-22(33)19(14-25)24-31(5-2)23(34)20(37-24)15-27-17-7-6-8-18(13-17)28-21(32)16-29-9-11-30(12-10-29)38(3,35)36/h6-8,13,15,27H,4-5,9-12,16H2,1-3H3,(H,26,33)(H,28,32)/b20-15+,24-19-. The number of sulfonamides is 1. The highest BCUT2D eigenvalue weighted by atomic mass is 32.2. The van der Waals surface area contributed by atoms with Gasteiger partial charge in [0.15, 0.2) is 5.57 Å². The highest BCUT2D eigenvalue weighted by Gasteiger charge is 2.24. The summed E-state index contributed by atoms with van der Waals surface area (Å²) < 4.78 is 26.7. The van der Waals surface area contributed by atoms with Gasteiger partial charge in [0.1, 0.15) is 15.3 Å². The molecule has 38 heavy (non-hydrogen) atoms. The first-order valence-electron chi connectivity index (χ1n) is 12.0. The van der Waals surface area contributed by atoms with Gasteiger partial charge in [0.05, 0.1) is 12.8 Å². The van der Waals surface area contributed by atoms with Crippen molar-refractivity contribution in [2.75, 3.05) is 56.2 Å². The van der Waals surface area contributed by atoms with Crippen LogP contribution in [0.4, 0.5) is 11.4 Å². The lowest BCUT2D eigenvalue weighted by molar-refractivity contribution is -0.117. The van der Waals surface area contributed by atoms with Gasteiger partial charge in [0.25, 0.3) is 11.5 Å². The van der Waals surface area contributed by atoms with E-state index in [1.54, 1.807) is 38.1 Å². The van der Waals surface area contributed by atoms with Gasteiger partial charge in [-0.15, -0.1) is 11.3 Å². The first kappa shape index (κ1) is 29.1. The van der Waals surface area contributed by atoms with Crippen molar-refractivity contribution in [1.82, 2.24) is 19.1 Å². The lowest BCUT2D eigenvalue weighted by Crippen LogP contribution is -2.50. The van der Waals surface area contributed by atoms with Gasteiger partial charge in [-0.3, -0.25) is 23.9 Å². The molecule has 0 saturated carbocycles. The van der Waals surface area contributed by atoms with Crippen LogP contribution < -0.4 is 30.7 Å². The molecule has 0 spiro atoms. The fraction of sp³-hybridized carbons (Fsp3) is 0.417. The van der Waals surface area contributed by atoms with Crippen molar-refractivity contribution in [2.45, 2.75) is 20.4 Å². The van der Waals surface area contributed by atoms with Gasteiger partial charge < -0.3 is 16.0 Å². The first-order valence-corrected chi connectivity index (χ1v) is 14.7. The molecule has 1 aromatic heterocycles. The fourth-order valence-corrected chi connectivity index (χ4v) is 5.81. The summed E-state index contributed by atoms with van der Waals surface area (Å²) in [7, 11) is -3.23. The maximum absolute atomic E-state index is 12.9. The van der Waals surface area contributed by atoms with Crippen molar-refractivity contribution in [3.05, 3.63) is 43.8 Å². The van der Waals surface area contributed by atoms with Gasteiger partial charge in [-0.1, -0.05) is 6.07 Å². The number of carbonyl (C=O) groups excluding carboxylic acids is 2.